The van der Waals surface area contributed by atoms with Gasteiger partial charge in [0.2, 0.25) is 0 Å². The number of nitrogens with one attached hydrogen (secondary N) is 2. The summed E-state index contributed by atoms with van der Waals surface area (Å²) >= 11 is 3.10. The number of methoxy groups -OCH3 is 1. The van der Waals surface area contributed by atoms with Crippen LogP contribution in [-0.4, -0.2) is 29.8 Å². The minimum absolute atomic E-state index is 0.0537. The minimum atomic E-state index is -0.703. The molecule has 3 aromatic rings. The highest BCUT2D eigenvalue weighted by molar-refractivity contribution is 9.10. The van der Waals surface area contributed by atoms with Gasteiger partial charge in [-0.2, -0.15) is 0 Å². The van der Waals surface area contributed by atoms with Gasteiger partial charge in [0.15, 0.2) is 10.4 Å². The standard InChI is InChI=1S/C22H16BrN3O7/c1-32-22(29)14-5-7-15(8-6-14)24-20(27)17(25-21(28)18-9-10-19(23)33-18)12-13-3-2-4-16(11-13)26(30)31/h2-12H,1H3,(H,24,27)(H,25,28)/b17-12+. The predicted molar refractivity (Wildman–Crippen MR) is 121 cm³/mol. The van der Waals surface area contributed by atoms with Crippen molar-refractivity contribution in [3.05, 3.63) is 98.0 Å². The largest absolute Gasteiger partial charge is 0.465 e. The van der Waals surface area contributed by atoms with E-state index >= 15 is 0 Å². The van der Waals surface area contributed by atoms with Crippen LogP contribution in [0.4, 0.5) is 11.4 Å². The first-order valence-corrected chi connectivity index (χ1v) is 10.1. The molecule has 0 bridgehead atoms. The molecule has 10 nitrogen and oxygen atoms in total. The smallest absolute Gasteiger partial charge is 0.337 e. The SMILES string of the molecule is COC(=O)c1ccc(NC(=O)/C(=C\c2cccc([N+](=O)[O-])c2)NC(=O)c2ccc(Br)o2)cc1. The first kappa shape index (κ1) is 23.4. The molecular formula is C22H16BrN3O7. The summed E-state index contributed by atoms with van der Waals surface area (Å²) in [6, 6.07) is 14.4. The molecule has 2 amide bonds. The molecule has 0 unspecified atom stereocenters. The maximum Gasteiger partial charge on any atom is 0.337 e. The Morgan fingerprint density at radius 3 is 2.42 bits per heavy atom. The fraction of sp³-hybridized carbons (Fsp3) is 0.0455. The molecule has 0 fully saturated rings. The van der Waals surface area contributed by atoms with Gasteiger partial charge in [0.05, 0.1) is 17.6 Å². The number of carbonyl (C=O) groups is 3. The molecule has 0 aliphatic carbocycles. The van der Waals surface area contributed by atoms with Crippen LogP contribution < -0.4 is 10.6 Å². The van der Waals surface area contributed by atoms with Crippen molar-refractivity contribution in [1.29, 1.82) is 0 Å². The van der Waals surface area contributed by atoms with Crippen LogP contribution in [-0.2, 0) is 9.53 Å². The Balaban J connectivity index is 1.89. The number of ether oxygens (including phenoxy) is 1. The minimum Gasteiger partial charge on any atom is -0.465 e. The zero-order chi connectivity index (χ0) is 24.0. The van der Waals surface area contributed by atoms with E-state index in [1.807, 2.05) is 0 Å². The van der Waals surface area contributed by atoms with E-state index in [9.17, 15) is 24.5 Å². The molecule has 0 radical (unpaired) electrons. The molecule has 1 aromatic heterocycles. The number of amides is 2. The van der Waals surface area contributed by atoms with E-state index in [1.54, 1.807) is 6.07 Å². The Kier molecular flexibility index (Phi) is 7.36. The Bertz CT molecular complexity index is 1250. The third-order valence-corrected chi connectivity index (χ3v) is 4.67. The van der Waals surface area contributed by atoms with Gasteiger partial charge in [0, 0.05) is 17.8 Å². The number of esters is 1. The van der Waals surface area contributed by atoms with Gasteiger partial charge < -0.3 is 19.8 Å². The maximum absolute atomic E-state index is 12.9. The molecule has 0 saturated heterocycles. The highest BCUT2D eigenvalue weighted by atomic mass is 79.9. The molecule has 0 aliphatic heterocycles. The maximum atomic E-state index is 12.9. The number of hydrogen-bond acceptors (Lipinski definition) is 7. The van der Waals surface area contributed by atoms with Crippen LogP contribution in [0.2, 0.25) is 0 Å². The summed E-state index contributed by atoms with van der Waals surface area (Å²) in [5, 5.41) is 16.1. The summed E-state index contributed by atoms with van der Waals surface area (Å²) in [6.07, 6.45) is 1.29. The van der Waals surface area contributed by atoms with Crippen LogP contribution in [0.15, 0.2) is 75.4 Å². The summed E-state index contributed by atoms with van der Waals surface area (Å²) in [5.74, 6) is -1.99. The highest BCUT2D eigenvalue weighted by Crippen LogP contribution is 2.18. The summed E-state index contributed by atoms with van der Waals surface area (Å²) in [5.41, 5.74) is 0.580. The van der Waals surface area contributed by atoms with Gasteiger partial charge in [-0.1, -0.05) is 12.1 Å². The van der Waals surface area contributed by atoms with Crippen LogP contribution in [0.3, 0.4) is 0 Å². The monoisotopic (exact) mass is 513 g/mol. The van der Waals surface area contributed by atoms with Crippen molar-refractivity contribution in [3.63, 3.8) is 0 Å². The lowest BCUT2D eigenvalue weighted by Gasteiger charge is -2.11. The number of nitro groups is 1. The van der Waals surface area contributed by atoms with Crippen LogP contribution >= 0.6 is 15.9 Å². The van der Waals surface area contributed by atoms with Gasteiger partial charge in [-0.25, -0.2) is 4.79 Å². The predicted octanol–water partition coefficient (Wildman–Crippen LogP) is 4.15. The van der Waals surface area contributed by atoms with E-state index in [0.717, 1.165) is 0 Å². The molecule has 0 aliphatic rings. The molecule has 2 N–H and O–H groups in total. The number of hydrogen-bond donors (Lipinski definition) is 2. The Morgan fingerprint density at radius 2 is 1.82 bits per heavy atom. The average molecular weight is 514 g/mol. The molecule has 1 heterocycles. The average Bonchev–Trinajstić information content (AvgIpc) is 3.25. The number of furan rings is 1. The third-order valence-electron chi connectivity index (χ3n) is 4.25. The highest BCUT2D eigenvalue weighted by Gasteiger charge is 2.18. The summed E-state index contributed by atoms with van der Waals surface area (Å²) in [4.78, 5) is 47.5. The van der Waals surface area contributed by atoms with Crippen molar-refractivity contribution in [2.24, 2.45) is 0 Å². The number of halogens is 1. The number of non-ortho nitro benzene ring substituents is 1. The van der Waals surface area contributed by atoms with Crippen LogP contribution in [0.5, 0.6) is 0 Å². The number of nitrogens with zero attached hydrogens (tertiary/aromatic N) is 1. The summed E-state index contributed by atoms with van der Waals surface area (Å²) < 4.78 is 10.2. The lowest BCUT2D eigenvalue weighted by molar-refractivity contribution is -0.384. The summed E-state index contributed by atoms with van der Waals surface area (Å²) in [6.45, 7) is 0. The fourth-order valence-corrected chi connectivity index (χ4v) is 2.99. The first-order chi connectivity index (χ1) is 15.8. The van der Waals surface area contributed by atoms with Crippen molar-refractivity contribution in [1.82, 2.24) is 5.32 Å². The summed E-state index contributed by atoms with van der Waals surface area (Å²) in [7, 11) is 1.25. The van der Waals surface area contributed by atoms with Crippen molar-refractivity contribution < 1.29 is 28.5 Å². The Labute approximate surface area is 195 Å². The van der Waals surface area contributed by atoms with Gasteiger partial charge in [-0.3, -0.25) is 19.7 Å². The zero-order valence-electron chi connectivity index (χ0n) is 17.0. The molecule has 3 rings (SSSR count). The van der Waals surface area contributed by atoms with Gasteiger partial charge in [-0.15, -0.1) is 0 Å². The molecule has 2 aromatic carbocycles. The molecule has 0 spiro atoms. The zero-order valence-corrected chi connectivity index (χ0v) is 18.6. The van der Waals surface area contributed by atoms with E-state index < -0.39 is 22.7 Å². The third kappa shape index (κ3) is 6.14. The normalized spacial score (nSPS) is 10.9. The molecule has 33 heavy (non-hydrogen) atoms. The van der Waals surface area contributed by atoms with Crippen LogP contribution in [0.1, 0.15) is 26.5 Å². The fourth-order valence-electron chi connectivity index (χ4n) is 2.68. The molecule has 11 heteroatoms. The number of carbonyl (C=O) groups excluding carboxylic acids is 3. The Hall–Kier alpha value is -4.25. The second kappa shape index (κ2) is 10.4. The van der Waals surface area contributed by atoms with Gasteiger partial charge in [0.25, 0.3) is 17.5 Å². The second-order valence-corrected chi connectivity index (χ2v) is 7.27. The van der Waals surface area contributed by atoms with E-state index in [-0.39, 0.29) is 17.1 Å². The van der Waals surface area contributed by atoms with Crippen LogP contribution in [0.25, 0.3) is 6.08 Å². The number of benzene rings is 2. The van der Waals surface area contributed by atoms with E-state index in [0.29, 0.717) is 21.5 Å². The topological polar surface area (TPSA) is 141 Å². The molecule has 168 valence electrons. The molecule has 0 atom stereocenters. The molecule has 0 saturated carbocycles. The lowest BCUT2D eigenvalue weighted by atomic mass is 10.1. The van der Waals surface area contributed by atoms with E-state index in [2.05, 4.69) is 31.3 Å². The first-order valence-electron chi connectivity index (χ1n) is 9.29. The molecular weight excluding hydrogens is 498 g/mol. The van der Waals surface area contributed by atoms with Crippen LogP contribution in [0, 0.1) is 10.1 Å². The number of anilines is 1. The number of rotatable bonds is 7. The number of nitro benzene ring substituents is 1. The lowest BCUT2D eigenvalue weighted by Crippen LogP contribution is -2.30. The van der Waals surface area contributed by atoms with E-state index in [1.165, 1.54) is 67.8 Å². The van der Waals surface area contributed by atoms with Crippen molar-refractivity contribution in [2.75, 3.05) is 12.4 Å². The Morgan fingerprint density at radius 1 is 1.09 bits per heavy atom. The van der Waals surface area contributed by atoms with E-state index in [4.69, 9.17) is 4.42 Å². The second-order valence-electron chi connectivity index (χ2n) is 6.49. The van der Waals surface area contributed by atoms with Gasteiger partial charge in [-0.05, 0) is 64.0 Å². The van der Waals surface area contributed by atoms with Gasteiger partial charge >= 0.3 is 5.97 Å². The van der Waals surface area contributed by atoms with Crippen molar-refractivity contribution >= 4 is 51.2 Å². The van der Waals surface area contributed by atoms with Gasteiger partial charge in [0.1, 0.15) is 5.70 Å². The van der Waals surface area contributed by atoms with Crippen molar-refractivity contribution in [2.45, 2.75) is 0 Å². The van der Waals surface area contributed by atoms with Crippen molar-refractivity contribution in [3.8, 4) is 0 Å². The quantitative estimate of drug-likeness (QED) is 0.209.